The summed E-state index contributed by atoms with van der Waals surface area (Å²) >= 11 is 1.60. The van der Waals surface area contributed by atoms with Crippen molar-refractivity contribution < 1.29 is 4.79 Å². The van der Waals surface area contributed by atoms with Crippen molar-refractivity contribution in [1.82, 2.24) is 10.3 Å². The molecular formula is C14H21N3OS. The van der Waals surface area contributed by atoms with Crippen LogP contribution in [0.4, 0.5) is 0 Å². The number of aromatic nitrogens is 1. The highest BCUT2D eigenvalue weighted by molar-refractivity contribution is 7.99. The first-order chi connectivity index (χ1) is 8.98. The van der Waals surface area contributed by atoms with Crippen LogP contribution >= 0.6 is 11.8 Å². The number of thioether (sulfide) groups is 1. The van der Waals surface area contributed by atoms with Crippen LogP contribution in [0.1, 0.15) is 24.1 Å². The lowest BCUT2D eigenvalue weighted by molar-refractivity contribution is -0.124. The standard InChI is InChI=1S/C14H21N3OS/c1-9-6-10(2)17-12(7-9)19-8-14(16-3,13(15)18)11-4-5-11/h6-7,11,16H,4-5,8H2,1-3H3,(H2,15,18). The van der Waals surface area contributed by atoms with Gasteiger partial charge in [-0.1, -0.05) is 0 Å². The first-order valence-electron chi connectivity index (χ1n) is 6.55. The smallest absolute Gasteiger partial charge is 0.238 e. The van der Waals surface area contributed by atoms with Gasteiger partial charge in [-0.3, -0.25) is 4.79 Å². The fraction of sp³-hybridized carbons (Fsp3) is 0.571. The van der Waals surface area contributed by atoms with E-state index in [0.29, 0.717) is 11.7 Å². The molecular weight excluding hydrogens is 258 g/mol. The molecule has 1 amide bonds. The van der Waals surface area contributed by atoms with Gasteiger partial charge in [-0.05, 0) is 57.4 Å². The molecule has 1 aromatic heterocycles. The van der Waals surface area contributed by atoms with E-state index < -0.39 is 5.54 Å². The monoisotopic (exact) mass is 279 g/mol. The van der Waals surface area contributed by atoms with Crippen LogP contribution in [0.15, 0.2) is 17.2 Å². The molecule has 1 atom stereocenters. The summed E-state index contributed by atoms with van der Waals surface area (Å²) in [5.74, 6) is 0.752. The number of carbonyl (C=O) groups is 1. The van der Waals surface area contributed by atoms with Crippen LogP contribution in [0.25, 0.3) is 0 Å². The van der Waals surface area contributed by atoms with Gasteiger partial charge < -0.3 is 11.1 Å². The first-order valence-corrected chi connectivity index (χ1v) is 7.53. The molecule has 0 radical (unpaired) electrons. The van der Waals surface area contributed by atoms with Gasteiger partial charge in [0.2, 0.25) is 5.91 Å². The van der Waals surface area contributed by atoms with Crippen LogP contribution < -0.4 is 11.1 Å². The highest BCUT2D eigenvalue weighted by atomic mass is 32.2. The molecule has 19 heavy (non-hydrogen) atoms. The second-order valence-corrected chi connectivity index (χ2v) is 6.27. The summed E-state index contributed by atoms with van der Waals surface area (Å²) in [4.78, 5) is 16.3. The minimum atomic E-state index is -0.593. The van der Waals surface area contributed by atoms with E-state index >= 15 is 0 Å². The maximum Gasteiger partial charge on any atom is 0.238 e. The molecule has 1 aromatic rings. The van der Waals surface area contributed by atoms with E-state index in [1.54, 1.807) is 11.8 Å². The van der Waals surface area contributed by atoms with Gasteiger partial charge in [0.05, 0.1) is 5.03 Å². The third-order valence-electron chi connectivity index (χ3n) is 3.68. The van der Waals surface area contributed by atoms with E-state index in [-0.39, 0.29) is 5.91 Å². The van der Waals surface area contributed by atoms with E-state index in [2.05, 4.69) is 17.2 Å². The molecule has 1 heterocycles. The van der Waals surface area contributed by atoms with Gasteiger partial charge in [0.1, 0.15) is 5.54 Å². The molecule has 0 spiro atoms. The number of aryl methyl sites for hydroxylation is 2. The number of hydrogen-bond acceptors (Lipinski definition) is 4. The van der Waals surface area contributed by atoms with E-state index in [4.69, 9.17) is 5.73 Å². The number of amides is 1. The topological polar surface area (TPSA) is 68.0 Å². The van der Waals surface area contributed by atoms with Crippen molar-refractivity contribution in [2.75, 3.05) is 12.8 Å². The predicted molar refractivity (Wildman–Crippen MR) is 78.1 cm³/mol. The Hall–Kier alpha value is -1.07. The van der Waals surface area contributed by atoms with Crippen molar-refractivity contribution in [1.29, 1.82) is 0 Å². The quantitative estimate of drug-likeness (QED) is 0.777. The second-order valence-electron chi connectivity index (χ2n) is 5.27. The maximum atomic E-state index is 11.8. The average molecular weight is 279 g/mol. The summed E-state index contributed by atoms with van der Waals surface area (Å²) in [6.07, 6.45) is 2.15. The number of rotatable bonds is 6. The lowest BCUT2D eigenvalue weighted by atomic mass is 9.95. The molecule has 0 saturated heterocycles. The van der Waals surface area contributed by atoms with Crippen LogP contribution in [-0.2, 0) is 4.79 Å². The van der Waals surface area contributed by atoms with E-state index in [1.807, 2.05) is 26.1 Å². The summed E-state index contributed by atoms with van der Waals surface area (Å²) in [5, 5.41) is 4.11. The van der Waals surface area contributed by atoms with Gasteiger partial charge in [0.25, 0.3) is 0 Å². The van der Waals surface area contributed by atoms with E-state index in [0.717, 1.165) is 23.6 Å². The number of carbonyl (C=O) groups excluding carboxylic acids is 1. The molecule has 1 saturated carbocycles. The predicted octanol–water partition coefficient (Wildman–Crippen LogP) is 1.64. The highest BCUT2D eigenvalue weighted by Crippen LogP contribution is 2.42. The molecule has 0 aromatic carbocycles. The second kappa shape index (κ2) is 5.51. The van der Waals surface area contributed by atoms with Crippen LogP contribution in [0.3, 0.4) is 0 Å². The van der Waals surface area contributed by atoms with Crippen LogP contribution in [0, 0.1) is 19.8 Å². The summed E-state index contributed by atoms with van der Waals surface area (Å²) in [5.41, 5.74) is 7.21. The molecule has 1 fully saturated rings. The lowest BCUT2D eigenvalue weighted by Crippen LogP contribution is -2.57. The SMILES string of the molecule is CNC(CSc1cc(C)cc(C)n1)(C(N)=O)C1CC1. The number of pyridine rings is 1. The fourth-order valence-electron chi connectivity index (χ4n) is 2.43. The zero-order chi connectivity index (χ0) is 14.0. The largest absolute Gasteiger partial charge is 0.368 e. The van der Waals surface area contributed by atoms with Gasteiger partial charge in [-0.15, -0.1) is 11.8 Å². The van der Waals surface area contributed by atoms with Crippen molar-refractivity contribution >= 4 is 17.7 Å². The number of likely N-dealkylation sites (N-methyl/N-ethyl adjacent to an activating group) is 1. The zero-order valence-corrected chi connectivity index (χ0v) is 12.5. The molecule has 1 unspecified atom stereocenters. The Balaban J connectivity index is 2.12. The molecule has 5 heteroatoms. The lowest BCUT2D eigenvalue weighted by Gasteiger charge is -2.29. The third-order valence-corrected chi connectivity index (χ3v) is 4.79. The Kier molecular flexibility index (Phi) is 4.16. The minimum Gasteiger partial charge on any atom is -0.368 e. The molecule has 2 rings (SSSR count). The van der Waals surface area contributed by atoms with Crippen molar-refractivity contribution in [2.24, 2.45) is 11.7 Å². The molecule has 1 aliphatic carbocycles. The average Bonchev–Trinajstić information content (AvgIpc) is 3.13. The van der Waals surface area contributed by atoms with Gasteiger partial charge in [-0.25, -0.2) is 4.98 Å². The Bertz CT molecular complexity index is 467. The highest BCUT2D eigenvalue weighted by Gasteiger charge is 2.48. The number of hydrogen-bond donors (Lipinski definition) is 2. The van der Waals surface area contributed by atoms with E-state index in [9.17, 15) is 4.79 Å². The minimum absolute atomic E-state index is 0.255. The molecule has 3 N–H and O–H groups in total. The van der Waals surface area contributed by atoms with Gasteiger partial charge in [-0.2, -0.15) is 0 Å². The third kappa shape index (κ3) is 3.09. The van der Waals surface area contributed by atoms with Crippen LogP contribution in [0.5, 0.6) is 0 Å². The molecule has 104 valence electrons. The number of nitrogens with zero attached hydrogens (tertiary/aromatic N) is 1. The molecule has 4 nitrogen and oxygen atoms in total. The molecule has 1 aliphatic rings. The summed E-state index contributed by atoms with van der Waals surface area (Å²) in [6, 6.07) is 4.09. The van der Waals surface area contributed by atoms with Gasteiger partial charge in [0, 0.05) is 11.4 Å². The number of nitrogens with one attached hydrogen (secondary N) is 1. The number of primary amides is 1. The fourth-order valence-corrected chi connectivity index (χ4v) is 3.81. The summed E-state index contributed by atoms with van der Waals surface area (Å²) in [6.45, 7) is 4.04. The van der Waals surface area contributed by atoms with Crippen LogP contribution in [-0.4, -0.2) is 29.2 Å². The van der Waals surface area contributed by atoms with E-state index in [1.165, 1.54) is 5.56 Å². The van der Waals surface area contributed by atoms with Crippen LogP contribution in [0.2, 0.25) is 0 Å². The molecule has 0 bridgehead atoms. The Morgan fingerprint density at radius 1 is 1.53 bits per heavy atom. The van der Waals surface area contributed by atoms with Crippen molar-refractivity contribution in [3.05, 3.63) is 23.4 Å². The number of nitrogens with two attached hydrogens (primary N) is 1. The van der Waals surface area contributed by atoms with Crippen molar-refractivity contribution in [3.8, 4) is 0 Å². The normalized spacial score (nSPS) is 18.1. The van der Waals surface area contributed by atoms with Gasteiger partial charge in [0.15, 0.2) is 0 Å². The molecule has 0 aliphatic heterocycles. The van der Waals surface area contributed by atoms with Crippen molar-refractivity contribution in [3.63, 3.8) is 0 Å². The maximum absolute atomic E-state index is 11.8. The Morgan fingerprint density at radius 2 is 2.21 bits per heavy atom. The zero-order valence-electron chi connectivity index (χ0n) is 11.7. The first kappa shape index (κ1) is 14.3. The Labute approximate surface area is 118 Å². The van der Waals surface area contributed by atoms with Crippen molar-refractivity contribution in [2.45, 2.75) is 37.3 Å². The van der Waals surface area contributed by atoms with Gasteiger partial charge >= 0.3 is 0 Å². The summed E-state index contributed by atoms with van der Waals surface area (Å²) in [7, 11) is 1.82. The summed E-state index contributed by atoms with van der Waals surface area (Å²) < 4.78 is 0. The Morgan fingerprint density at radius 3 is 2.68 bits per heavy atom.